The maximum absolute atomic E-state index is 12.8. The molecule has 0 radical (unpaired) electrons. The molecule has 1 unspecified atom stereocenters. The highest BCUT2D eigenvalue weighted by Crippen LogP contribution is 2.24. The van der Waals surface area contributed by atoms with E-state index >= 15 is 0 Å². The lowest BCUT2D eigenvalue weighted by Crippen LogP contribution is -2.31. The largest absolute Gasteiger partial charge is 0.453 e. The van der Waals surface area contributed by atoms with Crippen molar-refractivity contribution in [2.45, 2.75) is 24.2 Å². The molecule has 0 saturated carbocycles. The summed E-state index contributed by atoms with van der Waals surface area (Å²) in [6.45, 7) is 4.00. The van der Waals surface area contributed by atoms with Gasteiger partial charge in [-0.25, -0.2) is 0 Å². The topological polar surface area (TPSA) is 82.2 Å². The predicted octanol–water partition coefficient (Wildman–Crippen LogP) is 4.11. The first-order chi connectivity index (χ1) is 14.5. The van der Waals surface area contributed by atoms with Gasteiger partial charge in [0.05, 0.1) is 6.04 Å². The molecule has 2 aromatic heterocycles. The van der Waals surface area contributed by atoms with Gasteiger partial charge in [-0.3, -0.25) is 4.79 Å². The van der Waals surface area contributed by atoms with Crippen molar-refractivity contribution in [1.29, 1.82) is 0 Å². The molecule has 3 aromatic rings. The van der Waals surface area contributed by atoms with Crippen LogP contribution in [0.1, 0.15) is 33.7 Å². The van der Waals surface area contributed by atoms with Gasteiger partial charge in [0.2, 0.25) is 0 Å². The summed E-state index contributed by atoms with van der Waals surface area (Å²) < 4.78 is 12.5. The van der Waals surface area contributed by atoms with Crippen molar-refractivity contribution in [3.05, 3.63) is 77.0 Å². The number of amides is 1. The van der Waals surface area contributed by atoms with Gasteiger partial charge in [-0.15, -0.1) is 10.2 Å². The van der Waals surface area contributed by atoms with E-state index in [1.54, 1.807) is 19.2 Å². The zero-order chi connectivity index (χ0) is 21.5. The Hall–Kier alpha value is -2.55. The van der Waals surface area contributed by atoms with E-state index in [4.69, 9.17) is 20.8 Å². The Morgan fingerprint density at radius 3 is 2.77 bits per heavy atom. The van der Waals surface area contributed by atoms with Crippen LogP contribution in [0.25, 0.3) is 0 Å². The van der Waals surface area contributed by atoms with E-state index in [-0.39, 0.29) is 11.7 Å². The number of carbonyl (C=O) groups is 1. The molecule has 2 heterocycles. The van der Waals surface area contributed by atoms with Gasteiger partial charge in [0, 0.05) is 24.9 Å². The summed E-state index contributed by atoms with van der Waals surface area (Å²) in [4.78, 5) is 12.8. The van der Waals surface area contributed by atoms with Gasteiger partial charge in [-0.1, -0.05) is 60.3 Å². The van der Waals surface area contributed by atoms with Gasteiger partial charge in [0.1, 0.15) is 12.4 Å². The fraction of sp³-hybridized carbons (Fsp3) is 0.286. The SMILES string of the molecule is C=C(Cl)CSc1nnc(C(Cc2ccccc2)NC(=O)c2ccc(COC)o2)n1C. The Labute approximate surface area is 184 Å². The van der Waals surface area contributed by atoms with Gasteiger partial charge in [-0.05, 0) is 24.1 Å². The van der Waals surface area contributed by atoms with E-state index in [0.29, 0.717) is 40.6 Å². The first-order valence-corrected chi connectivity index (χ1v) is 10.6. The number of carbonyl (C=O) groups excluding carboxylic acids is 1. The number of nitrogens with one attached hydrogen (secondary N) is 1. The zero-order valence-electron chi connectivity index (χ0n) is 16.8. The van der Waals surface area contributed by atoms with E-state index in [1.807, 2.05) is 41.9 Å². The number of methoxy groups -OCH3 is 1. The summed E-state index contributed by atoms with van der Waals surface area (Å²) in [6.07, 6.45) is 0.553. The third kappa shape index (κ3) is 5.75. The Morgan fingerprint density at radius 1 is 1.30 bits per heavy atom. The van der Waals surface area contributed by atoms with Crippen LogP contribution in [0.2, 0.25) is 0 Å². The Balaban J connectivity index is 1.83. The van der Waals surface area contributed by atoms with Gasteiger partial charge < -0.3 is 19.0 Å². The van der Waals surface area contributed by atoms with E-state index in [0.717, 1.165) is 5.56 Å². The maximum atomic E-state index is 12.8. The van der Waals surface area contributed by atoms with E-state index in [1.165, 1.54) is 11.8 Å². The van der Waals surface area contributed by atoms with Crippen LogP contribution in [0, 0.1) is 0 Å². The molecule has 1 N–H and O–H groups in total. The highest BCUT2D eigenvalue weighted by molar-refractivity contribution is 7.99. The number of ether oxygens (including phenoxy) is 1. The predicted molar refractivity (Wildman–Crippen MR) is 116 cm³/mol. The van der Waals surface area contributed by atoms with Crippen LogP contribution in [-0.2, 0) is 24.8 Å². The molecular weight excluding hydrogens is 424 g/mol. The molecule has 3 rings (SSSR count). The zero-order valence-corrected chi connectivity index (χ0v) is 18.4. The molecule has 0 aliphatic rings. The normalized spacial score (nSPS) is 12.0. The third-order valence-corrected chi connectivity index (χ3v) is 5.70. The molecular formula is C21H23ClN4O3S. The summed E-state index contributed by atoms with van der Waals surface area (Å²) in [5.74, 6) is 1.64. The number of rotatable bonds is 10. The van der Waals surface area contributed by atoms with Crippen LogP contribution >= 0.6 is 23.4 Å². The van der Waals surface area contributed by atoms with Gasteiger partial charge in [-0.2, -0.15) is 0 Å². The molecule has 0 bridgehead atoms. The lowest BCUT2D eigenvalue weighted by Gasteiger charge is -2.18. The lowest BCUT2D eigenvalue weighted by atomic mass is 10.1. The number of halogens is 1. The lowest BCUT2D eigenvalue weighted by molar-refractivity contribution is 0.0897. The number of hydrogen-bond acceptors (Lipinski definition) is 6. The van der Waals surface area contributed by atoms with Crippen LogP contribution in [0.4, 0.5) is 0 Å². The second-order valence-electron chi connectivity index (χ2n) is 6.62. The second-order valence-corrected chi connectivity index (χ2v) is 8.10. The summed E-state index contributed by atoms with van der Waals surface area (Å²) >= 11 is 7.31. The van der Waals surface area contributed by atoms with Crippen LogP contribution in [-0.4, -0.2) is 33.5 Å². The van der Waals surface area contributed by atoms with Crippen LogP contribution < -0.4 is 5.32 Å². The molecule has 0 saturated heterocycles. The number of thioether (sulfide) groups is 1. The summed E-state index contributed by atoms with van der Waals surface area (Å²) in [6, 6.07) is 12.8. The number of aromatic nitrogens is 3. The van der Waals surface area contributed by atoms with Crippen LogP contribution in [0.5, 0.6) is 0 Å². The smallest absolute Gasteiger partial charge is 0.287 e. The number of benzene rings is 1. The van der Waals surface area contributed by atoms with Crippen molar-refractivity contribution in [2.75, 3.05) is 12.9 Å². The van der Waals surface area contributed by atoms with Crippen molar-refractivity contribution in [3.63, 3.8) is 0 Å². The molecule has 0 spiro atoms. The third-order valence-electron chi connectivity index (χ3n) is 4.30. The first kappa shape index (κ1) is 22.1. The maximum Gasteiger partial charge on any atom is 0.287 e. The fourth-order valence-electron chi connectivity index (χ4n) is 2.90. The van der Waals surface area contributed by atoms with Crippen molar-refractivity contribution in [1.82, 2.24) is 20.1 Å². The minimum Gasteiger partial charge on any atom is -0.453 e. The summed E-state index contributed by atoms with van der Waals surface area (Å²) in [5, 5.41) is 12.8. The molecule has 1 aromatic carbocycles. The molecule has 0 aliphatic heterocycles. The van der Waals surface area contributed by atoms with Crippen molar-refractivity contribution in [3.8, 4) is 0 Å². The fourth-order valence-corrected chi connectivity index (χ4v) is 3.74. The Morgan fingerprint density at radius 2 is 2.07 bits per heavy atom. The summed E-state index contributed by atoms with van der Waals surface area (Å²) in [5.41, 5.74) is 1.06. The molecule has 7 nitrogen and oxygen atoms in total. The molecule has 1 amide bonds. The quantitative estimate of drug-likeness (QED) is 0.472. The van der Waals surface area contributed by atoms with Crippen molar-refractivity contribution >= 4 is 29.3 Å². The Bertz CT molecular complexity index is 1000. The average molecular weight is 447 g/mol. The second kappa shape index (κ2) is 10.5. The summed E-state index contributed by atoms with van der Waals surface area (Å²) in [7, 11) is 3.43. The molecule has 0 fully saturated rings. The highest BCUT2D eigenvalue weighted by Gasteiger charge is 2.24. The minimum absolute atomic E-state index is 0.218. The number of furan rings is 1. The van der Waals surface area contributed by atoms with Crippen molar-refractivity contribution < 1.29 is 13.9 Å². The molecule has 9 heteroatoms. The van der Waals surface area contributed by atoms with Crippen LogP contribution in [0.3, 0.4) is 0 Å². The minimum atomic E-state index is -0.401. The van der Waals surface area contributed by atoms with Gasteiger partial charge in [0.15, 0.2) is 16.7 Å². The molecule has 1 atom stereocenters. The molecule has 158 valence electrons. The van der Waals surface area contributed by atoms with E-state index in [9.17, 15) is 4.79 Å². The average Bonchev–Trinajstić information content (AvgIpc) is 3.34. The molecule has 30 heavy (non-hydrogen) atoms. The van der Waals surface area contributed by atoms with E-state index < -0.39 is 6.04 Å². The highest BCUT2D eigenvalue weighted by atomic mass is 35.5. The van der Waals surface area contributed by atoms with Gasteiger partial charge >= 0.3 is 0 Å². The van der Waals surface area contributed by atoms with Gasteiger partial charge in [0.25, 0.3) is 5.91 Å². The van der Waals surface area contributed by atoms with Crippen molar-refractivity contribution in [2.24, 2.45) is 7.05 Å². The van der Waals surface area contributed by atoms with E-state index in [2.05, 4.69) is 22.1 Å². The standard InChI is InChI=1S/C21H23ClN4O3S/c1-14(22)13-30-21-25-24-19(26(21)2)17(11-15-7-5-4-6-8-15)23-20(27)18-10-9-16(29-18)12-28-3/h4-10,17H,1,11-13H2,2-3H3,(H,23,27). The first-order valence-electron chi connectivity index (χ1n) is 9.25. The number of hydrogen-bond donors (Lipinski definition) is 1. The molecule has 0 aliphatic carbocycles. The Kier molecular flexibility index (Phi) is 7.73. The number of nitrogens with zero attached hydrogens (tertiary/aromatic N) is 3. The van der Waals surface area contributed by atoms with Crippen LogP contribution in [0.15, 0.2) is 63.6 Å². The monoisotopic (exact) mass is 446 g/mol.